The Kier molecular flexibility index (Phi) is 3.51. The van der Waals surface area contributed by atoms with Crippen molar-refractivity contribution in [3.05, 3.63) is 29.8 Å². The number of hydrogen-bond donors (Lipinski definition) is 2. The molecule has 2 rings (SSSR count). The summed E-state index contributed by atoms with van der Waals surface area (Å²) in [5.74, 6) is 1.30. The first-order chi connectivity index (χ1) is 7.76. The fourth-order valence-electron chi connectivity index (χ4n) is 2.08. The van der Waals surface area contributed by atoms with Crippen molar-refractivity contribution in [3.63, 3.8) is 0 Å². The number of amides is 1. The average molecular weight is 236 g/mol. The third-order valence-electron chi connectivity index (χ3n) is 2.97. The molecule has 2 N–H and O–H groups in total. The lowest BCUT2D eigenvalue weighted by Crippen LogP contribution is -2.26. The van der Waals surface area contributed by atoms with Crippen LogP contribution in [-0.4, -0.2) is 18.2 Å². The van der Waals surface area contributed by atoms with E-state index >= 15 is 0 Å². The van der Waals surface area contributed by atoms with Crippen LogP contribution in [0.25, 0.3) is 0 Å². The van der Waals surface area contributed by atoms with Crippen LogP contribution in [0, 0.1) is 5.92 Å². The van der Waals surface area contributed by atoms with E-state index in [0.29, 0.717) is 18.9 Å². The second-order valence-corrected chi connectivity index (χ2v) is 4.46. The van der Waals surface area contributed by atoms with Gasteiger partial charge in [-0.3, -0.25) is 4.79 Å². The summed E-state index contributed by atoms with van der Waals surface area (Å²) in [5.41, 5.74) is 7.66. The molecule has 1 aromatic carbocycles. The monoisotopic (exact) mass is 236 g/mol. The highest BCUT2D eigenvalue weighted by Crippen LogP contribution is 2.28. The second-order valence-electron chi connectivity index (χ2n) is 4.09. The van der Waals surface area contributed by atoms with Gasteiger partial charge in [-0.1, -0.05) is 18.2 Å². The van der Waals surface area contributed by atoms with Crippen LogP contribution in [0.5, 0.6) is 0 Å². The van der Waals surface area contributed by atoms with Gasteiger partial charge in [0.15, 0.2) is 0 Å². The number of carbonyl (C=O) groups excluding carboxylic acids is 1. The van der Waals surface area contributed by atoms with Crippen molar-refractivity contribution in [2.24, 2.45) is 11.7 Å². The van der Waals surface area contributed by atoms with E-state index in [-0.39, 0.29) is 5.91 Å². The van der Waals surface area contributed by atoms with Crippen molar-refractivity contribution in [3.8, 4) is 0 Å². The van der Waals surface area contributed by atoms with Gasteiger partial charge in [-0.2, -0.15) is 12.6 Å². The number of rotatable bonds is 3. The van der Waals surface area contributed by atoms with Crippen LogP contribution in [0.3, 0.4) is 0 Å². The molecule has 3 nitrogen and oxygen atoms in total. The third-order valence-corrected chi connectivity index (χ3v) is 3.48. The normalized spacial score (nSPS) is 20.5. The van der Waals surface area contributed by atoms with Crippen LogP contribution in [0.4, 0.5) is 5.69 Å². The number of carbonyl (C=O) groups is 1. The lowest BCUT2D eigenvalue weighted by atomic mass is 10.1. The van der Waals surface area contributed by atoms with Crippen LogP contribution in [0.15, 0.2) is 24.3 Å². The molecular formula is C12H16N2OS. The zero-order chi connectivity index (χ0) is 11.5. The fourth-order valence-corrected chi connectivity index (χ4v) is 2.33. The summed E-state index contributed by atoms with van der Waals surface area (Å²) in [7, 11) is 0. The van der Waals surface area contributed by atoms with Gasteiger partial charge in [0.2, 0.25) is 5.91 Å². The second kappa shape index (κ2) is 4.89. The smallest absolute Gasteiger partial charge is 0.227 e. The van der Waals surface area contributed by atoms with Gasteiger partial charge < -0.3 is 10.6 Å². The van der Waals surface area contributed by atoms with Gasteiger partial charge in [0.1, 0.15) is 0 Å². The van der Waals surface area contributed by atoms with Gasteiger partial charge in [-0.05, 0) is 23.3 Å². The lowest BCUT2D eigenvalue weighted by molar-refractivity contribution is -0.117. The average Bonchev–Trinajstić information content (AvgIpc) is 2.70. The van der Waals surface area contributed by atoms with E-state index in [0.717, 1.165) is 23.5 Å². The topological polar surface area (TPSA) is 46.3 Å². The van der Waals surface area contributed by atoms with Gasteiger partial charge in [0.25, 0.3) is 0 Å². The quantitative estimate of drug-likeness (QED) is 0.780. The van der Waals surface area contributed by atoms with E-state index in [2.05, 4.69) is 12.6 Å². The number of thiol groups is 1. The van der Waals surface area contributed by atoms with E-state index < -0.39 is 0 Å². The van der Waals surface area contributed by atoms with E-state index in [4.69, 9.17) is 5.73 Å². The largest absolute Gasteiger partial charge is 0.326 e. The Labute approximate surface area is 101 Å². The molecule has 1 aliphatic rings. The third kappa shape index (κ3) is 2.08. The molecule has 1 aromatic rings. The Morgan fingerprint density at radius 1 is 1.44 bits per heavy atom. The van der Waals surface area contributed by atoms with Gasteiger partial charge in [0, 0.05) is 25.2 Å². The van der Waals surface area contributed by atoms with Gasteiger partial charge in [-0.25, -0.2) is 0 Å². The van der Waals surface area contributed by atoms with Gasteiger partial charge in [0.05, 0.1) is 0 Å². The SMILES string of the molecule is NCc1ccccc1N1CC(CS)CC1=O. The van der Waals surface area contributed by atoms with Crippen LogP contribution in [0.1, 0.15) is 12.0 Å². The number of anilines is 1. The Hall–Kier alpha value is -1.00. The van der Waals surface area contributed by atoms with Crippen molar-refractivity contribution >= 4 is 24.2 Å². The van der Waals surface area contributed by atoms with Crippen LogP contribution >= 0.6 is 12.6 Å². The zero-order valence-electron chi connectivity index (χ0n) is 9.10. The maximum Gasteiger partial charge on any atom is 0.227 e. The molecule has 1 saturated heterocycles. The fraction of sp³-hybridized carbons (Fsp3) is 0.417. The van der Waals surface area contributed by atoms with E-state index in [9.17, 15) is 4.79 Å². The first kappa shape index (κ1) is 11.5. The first-order valence-corrected chi connectivity index (χ1v) is 6.08. The van der Waals surface area contributed by atoms with Gasteiger partial charge in [-0.15, -0.1) is 0 Å². The Balaban J connectivity index is 2.27. The molecule has 1 aliphatic heterocycles. The summed E-state index contributed by atoms with van der Waals surface area (Å²) < 4.78 is 0. The first-order valence-electron chi connectivity index (χ1n) is 5.45. The zero-order valence-corrected chi connectivity index (χ0v) is 9.99. The molecule has 0 aliphatic carbocycles. The molecule has 16 heavy (non-hydrogen) atoms. The molecule has 86 valence electrons. The van der Waals surface area contributed by atoms with Crippen molar-refractivity contribution in [2.75, 3.05) is 17.2 Å². The van der Waals surface area contributed by atoms with Crippen LogP contribution in [-0.2, 0) is 11.3 Å². The summed E-state index contributed by atoms with van der Waals surface area (Å²) in [6.45, 7) is 1.23. The van der Waals surface area contributed by atoms with E-state index in [1.54, 1.807) is 0 Å². The molecular weight excluding hydrogens is 220 g/mol. The Morgan fingerprint density at radius 3 is 2.81 bits per heavy atom. The summed E-state index contributed by atoms with van der Waals surface area (Å²) >= 11 is 4.25. The number of nitrogens with two attached hydrogens (primary N) is 1. The molecule has 0 radical (unpaired) electrons. The summed E-state index contributed by atoms with van der Waals surface area (Å²) in [6, 6.07) is 7.82. The molecule has 1 unspecified atom stereocenters. The van der Waals surface area contributed by atoms with Crippen LogP contribution in [0.2, 0.25) is 0 Å². The number of nitrogens with zero attached hydrogens (tertiary/aromatic N) is 1. The maximum absolute atomic E-state index is 11.9. The number of benzene rings is 1. The molecule has 1 atom stereocenters. The maximum atomic E-state index is 11.9. The van der Waals surface area contributed by atoms with Crippen molar-refractivity contribution in [1.29, 1.82) is 0 Å². The molecule has 0 aromatic heterocycles. The summed E-state index contributed by atoms with van der Waals surface area (Å²) in [6.07, 6.45) is 0.600. The minimum Gasteiger partial charge on any atom is -0.326 e. The molecule has 1 amide bonds. The van der Waals surface area contributed by atoms with Gasteiger partial charge >= 0.3 is 0 Å². The molecule has 0 bridgehead atoms. The highest BCUT2D eigenvalue weighted by Gasteiger charge is 2.30. The van der Waals surface area contributed by atoms with Crippen LogP contribution < -0.4 is 10.6 Å². The Bertz CT molecular complexity index is 394. The molecule has 4 heteroatoms. The highest BCUT2D eigenvalue weighted by atomic mass is 32.1. The Morgan fingerprint density at radius 2 is 2.19 bits per heavy atom. The van der Waals surface area contributed by atoms with Crippen molar-refractivity contribution < 1.29 is 4.79 Å². The molecule has 1 heterocycles. The summed E-state index contributed by atoms with van der Waals surface area (Å²) in [4.78, 5) is 13.7. The molecule has 1 fully saturated rings. The predicted octanol–water partition coefficient (Wildman–Crippen LogP) is 1.43. The van der Waals surface area contributed by atoms with E-state index in [1.807, 2.05) is 29.2 Å². The minimum absolute atomic E-state index is 0.181. The van der Waals surface area contributed by atoms with E-state index in [1.165, 1.54) is 0 Å². The predicted molar refractivity (Wildman–Crippen MR) is 68.6 cm³/mol. The number of para-hydroxylation sites is 1. The van der Waals surface area contributed by atoms with Crippen molar-refractivity contribution in [1.82, 2.24) is 0 Å². The minimum atomic E-state index is 0.181. The molecule has 0 saturated carbocycles. The standard InChI is InChI=1S/C12H16N2OS/c13-6-10-3-1-2-4-11(10)14-7-9(8-16)5-12(14)15/h1-4,9,16H,5-8,13H2. The highest BCUT2D eigenvalue weighted by molar-refractivity contribution is 7.80. The summed E-state index contributed by atoms with van der Waals surface area (Å²) in [5, 5.41) is 0. The lowest BCUT2D eigenvalue weighted by Gasteiger charge is -2.19. The molecule has 0 spiro atoms. The number of hydrogen-bond acceptors (Lipinski definition) is 3. The van der Waals surface area contributed by atoms with Crippen molar-refractivity contribution in [2.45, 2.75) is 13.0 Å².